The fourth-order valence-corrected chi connectivity index (χ4v) is 1.21. The van der Waals surface area contributed by atoms with E-state index in [1.54, 1.807) is 14.0 Å². The third-order valence-corrected chi connectivity index (χ3v) is 1.94. The monoisotopic (exact) mass is 213 g/mol. The van der Waals surface area contributed by atoms with E-state index in [0.29, 0.717) is 31.1 Å². The van der Waals surface area contributed by atoms with Crippen LogP contribution < -0.4 is 5.32 Å². The summed E-state index contributed by atoms with van der Waals surface area (Å²) in [7, 11) is 1.61. The van der Waals surface area contributed by atoms with Gasteiger partial charge in [-0.2, -0.15) is 0 Å². The lowest BCUT2D eigenvalue weighted by atomic mass is 10.3. The van der Waals surface area contributed by atoms with Crippen LogP contribution in [-0.2, 0) is 11.2 Å². The average Bonchev–Trinajstić information content (AvgIpc) is 2.22. The molecule has 15 heavy (non-hydrogen) atoms. The van der Waals surface area contributed by atoms with Crippen molar-refractivity contribution in [2.24, 2.45) is 0 Å². The number of nitrogens with one attached hydrogen (secondary N) is 1. The van der Waals surface area contributed by atoms with Gasteiger partial charge in [0.2, 0.25) is 0 Å². The van der Waals surface area contributed by atoms with Crippen LogP contribution in [0, 0.1) is 12.7 Å². The average molecular weight is 213 g/mol. The third kappa shape index (κ3) is 3.13. The first-order valence-electron chi connectivity index (χ1n) is 4.94. The summed E-state index contributed by atoms with van der Waals surface area (Å²) in [4.78, 5) is 8.13. The van der Waals surface area contributed by atoms with Crippen molar-refractivity contribution in [3.8, 4) is 0 Å². The highest BCUT2D eigenvalue weighted by Gasteiger charge is 2.10. The highest BCUT2D eigenvalue weighted by molar-refractivity contribution is 5.37. The molecule has 1 heterocycles. The Labute approximate surface area is 88.9 Å². The fourth-order valence-electron chi connectivity index (χ4n) is 1.21. The molecule has 84 valence electrons. The van der Waals surface area contributed by atoms with Crippen LogP contribution in [0.15, 0.2) is 0 Å². The van der Waals surface area contributed by atoms with E-state index in [1.807, 2.05) is 6.92 Å². The third-order valence-electron chi connectivity index (χ3n) is 1.94. The predicted molar refractivity (Wildman–Crippen MR) is 56.5 cm³/mol. The van der Waals surface area contributed by atoms with Crippen molar-refractivity contribution >= 4 is 5.82 Å². The molecular formula is C10H16FN3O. The highest BCUT2D eigenvalue weighted by Crippen LogP contribution is 2.13. The van der Waals surface area contributed by atoms with E-state index in [0.717, 1.165) is 0 Å². The lowest BCUT2D eigenvalue weighted by molar-refractivity contribution is 0.200. The first-order chi connectivity index (χ1) is 7.19. The minimum atomic E-state index is -0.377. The molecule has 1 aromatic heterocycles. The first-order valence-corrected chi connectivity index (χ1v) is 4.94. The molecule has 0 bridgehead atoms. The number of aryl methyl sites for hydroxylation is 1. The summed E-state index contributed by atoms with van der Waals surface area (Å²) >= 11 is 0. The Bertz CT molecular complexity index is 331. The van der Waals surface area contributed by atoms with E-state index in [1.165, 1.54) is 0 Å². The summed E-state index contributed by atoms with van der Waals surface area (Å²) in [5, 5.41) is 2.87. The van der Waals surface area contributed by atoms with Crippen molar-refractivity contribution in [1.82, 2.24) is 9.97 Å². The fraction of sp³-hybridized carbons (Fsp3) is 0.600. The van der Waals surface area contributed by atoms with Crippen molar-refractivity contribution in [2.75, 3.05) is 25.6 Å². The van der Waals surface area contributed by atoms with E-state index in [2.05, 4.69) is 15.3 Å². The number of methoxy groups -OCH3 is 1. The quantitative estimate of drug-likeness (QED) is 0.806. The SMILES string of the molecule is CCNc1nc(CCOC)nc(C)c1F. The van der Waals surface area contributed by atoms with Crippen molar-refractivity contribution < 1.29 is 9.13 Å². The van der Waals surface area contributed by atoms with Gasteiger partial charge in [0.15, 0.2) is 11.6 Å². The van der Waals surface area contributed by atoms with Crippen molar-refractivity contribution in [3.05, 3.63) is 17.3 Å². The summed E-state index contributed by atoms with van der Waals surface area (Å²) in [5.74, 6) is 0.501. The minimum Gasteiger partial charge on any atom is -0.384 e. The first kappa shape index (κ1) is 11.8. The second kappa shape index (κ2) is 5.60. The molecule has 5 heteroatoms. The molecule has 0 atom stereocenters. The van der Waals surface area contributed by atoms with Crippen LogP contribution >= 0.6 is 0 Å². The lowest BCUT2D eigenvalue weighted by Crippen LogP contribution is -2.10. The molecule has 0 aromatic carbocycles. The summed E-state index contributed by atoms with van der Waals surface area (Å²) in [6, 6.07) is 0. The van der Waals surface area contributed by atoms with Crippen molar-refractivity contribution in [1.29, 1.82) is 0 Å². The Balaban J connectivity index is 2.90. The van der Waals surface area contributed by atoms with E-state index < -0.39 is 0 Å². The van der Waals surface area contributed by atoms with Crippen molar-refractivity contribution in [2.45, 2.75) is 20.3 Å². The molecule has 0 aliphatic rings. The number of halogens is 1. The smallest absolute Gasteiger partial charge is 0.186 e. The molecule has 0 saturated carbocycles. The molecule has 0 unspecified atom stereocenters. The normalized spacial score (nSPS) is 10.4. The van der Waals surface area contributed by atoms with E-state index >= 15 is 0 Å². The minimum absolute atomic E-state index is 0.274. The largest absolute Gasteiger partial charge is 0.384 e. The molecule has 0 aliphatic heterocycles. The molecule has 0 aliphatic carbocycles. The highest BCUT2D eigenvalue weighted by atomic mass is 19.1. The number of hydrogen-bond acceptors (Lipinski definition) is 4. The van der Waals surface area contributed by atoms with Crippen LogP contribution in [0.1, 0.15) is 18.4 Å². The second-order valence-corrected chi connectivity index (χ2v) is 3.16. The molecule has 0 saturated heterocycles. The van der Waals surface area contributed by atoms with Gasteiger partial charge in [-0.1, -0.05) is 0 Å². The van der Waals surface area contributed by atoms with E-state index in [4.69, 9.17) is 4.74 Å². The molecule has 0 spiro atoms. The van der Waals surface area contributed by atoms with Gasteiger partial charge in [0, 0.05) is 20.1 Å². The van der Waals surface area contributed by atoms with Gasteiger partial charge in [-0.05, 0) is 13.8 Å². The van der Waals surface area contributed by atoms with Gasteiger partial charge in [-0.25, -0.2) is 14.4 Å². The molecule has 1 rings (SSSR count). The van der Waals surface area contributed by atoms with Gasteiger partial charge in [-0.3, -0.25) is 0 Å². The van der Waals surface area contributed by atoms with Crippen molar-refractivity contribution in [3.63, 3.8) is 0 Å². The zero-order valence-corrected chi connectivity index (χ0v) is 9.30. The van der Waals surface area contributed by atoms with Gasteiger partial charge in [0.1, 0.15) is 5.82 Å². The molecule has 0 radical (unpaired) electrons. The zero-order chi connectivity index (χ0) is 11.3. The van der Waals surface area contributed by atoms with Crippen LogP contribution in [0.3, 0.4) is 0 Å². The number of rotatable bonds is 5. The molecule has 0 amide bonds. The van der Waals surface area contributed by atoms with Gasteiger partial charge in [0.25, 0.3) is 0 Å². The van der Waals surface area contributed by atoms with Crippen LogP contribution in [0.4, 0.5) is 10.2 Å². The number of nitrogens with zero attached hydrogens (tertiary/aromatic N) is 2. The van der Waals surface area contributed by atoms with Gasteiger partial charge >= 0.3 is 0 Å². The predicted octanol–water partition coefficient (Wildman–Crippen LogP) is 1.54. The zero-order valence-electron chi connectivity index (χ0n) is 9.30. The number of anilines is 1. The molecule has 4 nitrogen and oxygen atoms in total. The Kier molecular flexibility index (Phi) is 4.42. The number of aromatic nitrogens is 2. The van der Waals surface area contributed by atoms with E-state index in [9.17, 15) is 4.39 Å². The Morgan fingerprint density at radius 1 is 1.40 bits per heavy atom. The molecular weight excluding hydrogens is 197 g/mol. The standard InChI is InChI=1S/C10H16FN3O/c1-4-12-10-9(11)7(2)13-8(14-10)5-6-15-3/h4-6H2,1-3H3,(H,12,13,14). The van der Waals surface area contributed by atoms with Gasteiger partial charge in [0.05, 0.1) is 12.3 Å². The van der Waals surface area contributed by atoms with Gasteiger partial charge < -0.3 is 10.1 Å². The van der Waals surface area contributed by atoms with E-state index in [-0.39, 0.29) is 11.6 Å². The number of ether oxygens (including phenoxy) is 1. The Morgan fingerprint density at radius 2 is 2.13 bits per heavy atom. The maximum absolute atomic E-state index is 13.5. The van der Waals surface area contributed by atoms with Crippen LogP contribution in [0.25, 0.3) is 0 Å². The molecule has 0 fully saturated rings. The molecule has 1 N–H and O–H groups in total. The Hall–Kier alpha value is -1.23. The Morgan fingerprint density at radius 3 is 2.73 bits per heavy atom. The molecule has 1 aromatic rings. The summed E-state index contributed by atoms with van der Waals surface area (Å²) in [6.45, 7) is 4.70. The topological polar surface area (TPSA) is 47.0 Å². The van der Waals surface area contributed by atoms with Crippen LogP contribution in [0.2, 0.25) is 0 Å². The maximum atomic E-state index is 13.5. The van der Waals surface area contributed by atoms with Crippen LogP contribution in [0.5, 0.6) is 0 Å². The number of hydrogen-bond donors (Lipinski definition) is 1. The van der Waals surface area contributed by atoms with Crippen LogP contribution in [-0.4, -0.2) is 30.2 Å². The summed E-state index contributed by atoms with van der Waals surface area (Å²) < 4.78 is 18.4. The second-order valence-electron chi connectivity index (χ2n) is 3.16. The summed E-state index contributed by atoms with van der Waals surface area (Å²) in [5.41, 5.74) is 0.368. The maximum Gasteiger partial charge on any atom is 0.186 e. The lowest BCUT2D eigenvalue weighted by Gasteiger charge is -2.08. The summed E-state index contributed by atoms with van der Waals surface area (Å²) in [6.07, 6.45) is 0.593. The van der Waals surface area contributed by atoms with Gasteiger partial charge in [-0.15, -0.1) is 0 Å².